The number of Topliss-reactive ketones (excluding diaryl/α,β-unsaturated/α-hetero) is 1. The lowest BCUT2D eigenvalue weighted by Gasteiger charge is -2.05. The summed E-state index contributed by atoms with van der Waals surface area (Å²) in [7, 11) is 0. The summed E-state index contributed by atoms with van der Waals surface area (Å²) >= 11 is 8.25. The van der Waals surface area contributed by atoms with Gasteiger partial charge in [0.05, 0.1) is 16.4 Å². The number of thiophene rings is 1. The fraction of sp³-hybridized carbons (Fsp3) is 0.235. The molecule has 2 rings (SSSR count). The van der Waals surface area contributed by atoms with Crippen molar-refractivity contribution in [2.24, 2.45) is 0 Å². The number of carbonyl (C=O) groups is 3. The second kappa shape index (κ2) is 9.60. The number of rotatable bonds is 8. The van der Waals surface area contributed by atoms with E-state index in [-0.39, 0.29) is 29.8 Å². The number of halogens is 1. The summed E-state index contributed by atoms with van der Waals surface area (Å²) in [6.07, 6.45) is 0. The third-order valence-electron chi connectivity index (χ3n) is 2.96. The first-order valence-electron chi connectivity index (χ1n) is 7.32. The number of amides is 1. The monoisotopic (exact) mass is 397 g/mol. The number of ether oxygens (including phenoxy) is 1. The molecule has 0 aliphatic carbocycles. The number of anilines is 1. The smallest absolute Gasteiger partial charge is 0.316 e. The van der Waals surface area contributed by atoms with Gasteiger partial charge in [-0.3, -0.25) is 14.4 Å². The molecule has 1 N–H and O–H groups in total. The Morgan fingerprint density at radius 3 is 2.48 bits per heavy atom. The summed E-state index contributed by atoms with van der Waals surface area (Å²) in [5.41, 5.74) is 0.634. The van der Waals surface area contributed by atoms with Crippen LogP contribution in [0.3, 0.4) is 0 Å². The van der Waals surface area contributed by atoms with Crippen molar-refractivity contribution in [3.05, 3.63) is 51.2 Å². The van der Waals surface area contributed by atoms with Crippen LogP contribution < -0.4 is 5.32 Å². The Labute approximate surface area is 158 Å². The molecule has 0 radical (unpaired) electrons. The molecule has 0 bridgehead atoms. The molecule has 0 saturated heterocycles. The van der Waals surface area contributed by atoms with E-state index < -0.39 is 5.97 Å². The van der Waals surface area contributed by atoms with E-state index in [4.69, 9.17) is 16.3 Å². The Kier molecular flexibility index (Phi) is 7.49. The van der Waals surface area contributed by atoms with Crippen LogP contribution in [0.4, 0.5) is 5.69 Å². The summed E-state index contributed by atoms with van der Waals surface area (Å²) in [6.45, 7) is 1.62. The standard InChI is InChI=1S/C17H16ClNO4S2/c1-11-2-7-15(25-11)14(20)8-23-17(22)10-24-9-16(21)19-13-5-3-12(18)4-6-13/h2-7H,8-10H2,1H3,(H,19,21). The highest BCUT2D eigenvalue weighted by molar-refractivity contribution is 8.00. The molecule has 1 aromatic heterocycles. The van der Waals surface area contributed by atoms with E-state index in [0.717, 1.165) is 16.6 Å². The maximum atomic E-state index is 11.8. The molecule has 0 saturated carbocycles. The van der Waals surface area contributed by atoms with Crippen molar-refractivity contribution in [3.63, 3.8) is 0 Å². The van der Waals surface area contributed by atoms with E-state index in [0.29, 0.717) is 15.6 Å². The predicted molar refractivity (Wildman–Crippen MR) is 102 cm³/mol. The zero-order valence-corrected chi connectivity index (χ0v) is 15.8. The van der Waals surface area contributed by atoms with Crippen molar-refractivity contribution < 1.29 is 19.1 Å². The van der Waals surface area contributed by atoms with Crippen molar-refractivity contribution in [2.75, 3.05) is 23.4 Å². The number of esters is 1. The molecule has 1 heterocycles. The number of hydrogen-bond acceptors (Lipinski definition) is 6. The maximum absolute atomic E-state index is 11.8. The van der Waals surface area contributed by atoms with E-state index in [9.17, 15) is 14.4 Å². The summed E-state index contributed by atoms with van der Waals surface area (Å²) in [6, 6.07) is 10.3. The summed E-state index contributed by atoms with van der Waals surface area (Å²) < 4.78 is 4.93. The van der Waals surface area contributed by atoms with Crippen molar-refractivity contribution >= 4 is 58.0 Å². The molecule has 132 valence electrons. The van der Waals surface area contributed by atoms with Gasteiger partial charge in [-0.25, -0.2) is 0 Å². The Balaban J connectivity index is 1.63. The number of nitrogens with one attached hydrogen (secondary N) is 1. The number of aryl methyl sites for hydroxylation is 1. The highest BCUT2D eigenvalue weighted by atomic mass is 35.5. The van der Waals surface area contributed by atoms with E-state index in [1.165, 1.54) is 11.3 Å². The maximum Gasteiger partial charge on any atom is 0.316 e. The zero-order valence-electron chi connectivity index (χ0n) is 13.4. The van der Waals surface area contributed by atoms with Gasteiger partial charge in [-0.2, -0.15) is 0 Å². The molecule has 0 unspecified atom stereocenters. The summed E-state index contributed by atoms with van der Waals surface area (Å²) in [5.74, 6) is -0.867. The third kappa shape index (κ3) is 6.89. The number of ketones is 1. The van der Waals surface area contributed by atoms with Crippen molar-refractivity contribution in [1.29, 1.82) is 0 Å². The molecule has 25 heavy (non-hydrogen) atoms. The van der Waals surface area contributed by atoms with Crippen LogP contribution in [-0.4, -0.2) is 35.8 Å². The first kappa shape index (κ1) is 19.5. The zero-order chi connectivity index (χ0) is 18.2. The van der Waals surface area contributed by atoms with Gasteiger partial charge in [0.1, 0.15) is 0 Å². The van der Waals surface area contributed by atoms with Crippen LogP contribution in [0.5, 0.6) is 0 Å². The van der Waals surface area contributed by atoms with E-state index in [1.54, 1.807) is 30.3 Å². The van der Waals surface area contributed by atoms with Gasteiger partial charge in [-0.1, -0.05) is 11.6 Å². The molecule has 0 fully saturated rings. The van der Waals surface area contributed by atoms with Crippen LogP contribution in [0, 0.1) is 6.92 Å². The van der Waals surface area contributed by atoms with Gasteiger partial charge in [0.15, 0.2) is 6.61 Å². The van der Waals surface area contributed by atoms with Crippen LogP contribution in [0.15, 0.2) is 36.4 Å². The molecule has 2 aromatic rings. The van der Waals surface area contributed by atoms with Crippen LogP contribution in [0.25, 0.3) is 0 Å². The predicted octanol–water partition coefficient (Wildman–Crippen LogP) is 3.81. The van der Waals surface area contributed by atoms with Crippen molar-refractivity contribution in [1.82, 2.24) is 0 Å². The Bertz CT molecular complexity index is 758. The quantitative estimate of drug-likeness (QED) is 0.541. The molecule has 0 aliphatic heterocycles. The molecule has 0 atom stereocenters. The van der Waals surface area contributed by atoms with Gasteiger partial charge in [-0.05, 0) is 43.3 Å². The Morgan fingerprint density at radius 2 is 1.84 bits per heavy atom. The Morgan fingerprint density at radius 1 is 1.12 bits per heavy atom. The minimum absolute atomic E-state index is 0.00475. The third-order valence-corrected chi connectivity index (χ3v) is 5.16. The van der Waals surface area contributed by atoms with Crippen molar-refractivity contribution in [2.45, 2.75) is 6.92 Å². The molecular formula is C17H16ClNO4S2. The van der Waals surface area contributed by atoms with Gasteiger partial charge in [0.2, 0.25) is 11.7 Å². The highest BCUT2D eigenvalue weighted by Gasteiger charge is 2.12. The van der Waals surface area contributed by atoms with Crippen LogP contribution in [-0.2, 0) is 14.3 Å². The first-order chi connectivity index (χ1) is 11.9. The fourth-order valence-electron chi connectivity index (χ4n) is 1.80. The van der Waals surface area contributed by atoms with E-state index >= 15 is 0 Å². The average Bonchev–Trinajstić information content (AvgIpc) is 3.01. The average molecular weight is 398 g/mol. The minimum Gasteiger partial charge on any atom is -0.457 e. The van der Waals surface area contributed by atoms with E-state index in [2.05, 4.69) is 5.32 Å². The molecule has 0 spiro atoms. The number of thioether (sulfide) groups is 1. The minimum atomic E-state index is -0.522. The topological polar surface area (TPSA) is 72.5 Å². The van der Waals surface area contributed by atoms with Crippen LogP contribution in [0.1, 0.15) is 14.5 Å². The fourth-order valence-corrected chi connectivity index (χ4v) is 3.33. The van der Waals surface area contributed by atoms with Crippen molar-refractivity contribution in [3.8, 4) is 0 Å². The summed E-state index contributed by atoms with van der Waals surface area (Å²) in [5, 5.41) is 3.28. The Hall–Kier alpha value is -1.83. The second-order valence-electron chi connectivity index (χ2n) is 5.04. The molecule has 5 nitrogen and oxygen atoms in total. The van der Waals surface area contributed by atoms with E-state index in [1.807, 2.05) is 13.0 Å². The van der Waals surface area contributed by atoms with Gasteiger partial charge >= 0.3 is 5.97 Å². The number of hydrogen-bond donors (Lipinski definition) is 1. The normalized spacial score (nSPS) is 10.3. The summed E-state index contributed by atoms with van der Waals surface area (Å²) in [4.78, 5) is 36.8. The molecule has 1 amide bonds. The van der Waals surface area contributed by atoms with Gasteiger partial charge in [0, 0.05) is 15.6 Å². The van der Waals surface area contributed by atoms with Crippen LogP contribution in [0.2, 0.25) is 5.02 Å². The number of carbonyl (C=O) groups excluding carboxylic acids is 3. The first-order valence-corrected chi connectivity index (χ1v) is 9.67. The molecule has 0 aliphatic rings. The lowest BCUT2D eigenvalue weighted by molar-refractivity contribution is -0.139. The van der Waals surface area contributed by atoms with Gasteiger partial charge < -0.3 is 10.1 Å². The van der Waals surface area contributed by atoms with Crippen LogP contribution >= 0.6 is 34.7 Å². The lowest BCUT2D eigenvalue weighted by Crippen LogP contribution is -2.18. The SMILES string of the molecule is Cc1ccc(C(=O)COC(=O)CSCC(=O)Nc2ccc(Cl)cc2)s1. The molecule has 1 aromatic carbocycles. The largest absolute Gasteiger partial charge is 0.457 e. The number of benzene rings is 1. The molecule has 8 heteroatoms. The lowest BCUT2D eigenvalue weighted by atomic mass is 10.3. The van der Waals surface area contributed by atoms with Gasteiger partial charge in [0.25, 0.3) is 0 Å². The second-order valence-corrected chi connectivity index (χ2v) is 7.75. The van der Waals surface area contributed by atoms with Gasteiger partial charge in [-0.15, -0.1) is 23.1 Å². The molecular weight excluding hydrogens is 382 g/mol. The highest BCUT2D eigenvalue weighted by Crippen LogP contribution is 2.16.